The topological polar surface area (TPSA) is 55.4 Å². The quantitative estimate of drug-likeness (QED) is 0.0454. The van der Waals surface area contributed by atoms with Crippen LogP contribution in [0.5, 0.6) is 0 Å². The lowest BCUT2D eigenvalue weighted by Crippen LogP contribution is -2.35. The Morgan fingerprint density at radius 2 is 0.500 bits per heavy atom. The van der Waals surface area contributed by atoms with E-state index in [-0.39, 0.29) is 0 Å². The molecule has 0 rings (SSSR count). The highest BCUT2D eigenvalue weighted by molar-refractivity contribution is 4.81. The summed E-state index contributed by atoms with van der Waals surface area (Å²) < 4.78 is 32.1. The maximum absolute atomic E-state index is 5.35. The first-order valence-electron chi connectivity index (χ1n) is 16.5. The van der Waals surface area contributed by atoms with Gasteiger partial charge in [0, 0.05) is 55.5 Å². The van der Waals surface area contributed by atoms with E-state index in [9.17, 15) is 0 Å². The molecule has 0 bridgehead atoms. The third-order valence-corrected chi connectivity index (χ3v) is 8.24. The Hall–Kier alpha value is -0.500. The molecule has 0 atom stereocenters. The Bertz CT molecular complexity index is 468. The number of methoxy groups -OCH3 is 6. The van der Waals surface area contributed by atoms with Crippen molar-refractivity contribution < 1.29 is 28.4 Å². The summed E-state index contributed by atoms with van der Waals surface area (Å²) in [7, 11) is 9.83. The van der Waals surface area contributed by atoms with E-state index in [1.807, 2.05) is 0 Å². The summed E-state index contributed by atoms with van der Waals surface area (Å²) in [4.78, 5) is 0. The van der Waals surface area contributed by atoms with Crippen LogP contribution < -0.4 is 0 Å². The zero-order valence-electron chi connectivity index (χ0n) is 27.6. The van der Waals surface area contributed by atoms with Crippen LogP contribution in [0.15, 0.2) is 12.2 Å². The number of ether oxygens (including phenoxy) is 6. The third kappa shape index (κ3) is 21.2. The van der Waals surface area contributed by atoms with Gasteiger partial charge in [-0.2, -0.15) is 0 Å². The van der Waals surface area contributed by atoms with E-state index in [0.717, 1.165) is 25.7 Å². The van der Waals surface area contributed by atoms with Crippen LogP contribution in [0.1, 0.15) is 154 Å². The molecule has 0 aliphatic carbocycles. The molecule has 0 aromatic carbocycles. The fourth-order valence-corrected chi connectivity index (χ4v) is 5.38. The second-order valence-corrected chi connectivity index (χ2v) is 11.2. The fraction of sp³-hybridized carbons (Fsp3) is 0.941. The van der Waals surface area contributed by atoms with Crippen LogP contribution in [0.25, 0.3) is 0 Å². The molecule has 0 fully saturated rings. The van der Waals surface area contributed by atoms with E-state index in [1.54, 1.807) is 42.7 Å². The normalized spacial score (nSPS) is 12.7. The van der Waals surface area contributed by atoms with Crippen molar-refractivity contribution in [3.8, 4) is 0 Å². The summed E-state index contributed by atoms with van der Waals surface area (Å²) >= 11 is 0. The molecule has 240 valence electrons. The molecular weight excluding hydrogens is 504 g/mol. The highest BCUT2D eigenvalue weighted by atomic mass is 16.9. The van der Waals surface area contributed by atoms with Crippen molar-refractivity contribution in [2.75, 3.05) is 42.7 Å². The zero-order valence-corrected chi connectivity index (χ0v) is 27.6. The van der Waals surface area contributed by atoms with Gasteiger partial charge in [-0.05, 0) is 38.5 Å². The van der Waals surface area contributed by atoms with Crippen LogP contribution in [-0.2, 0) is 28.4 Å². The molecule has 0 aromatic rings. The van der Waals surface area contributed by atoms with Crippen molar-refractivity contribution in [3.05, 3.63) is 12.2 Å². The minimum atomic E-state index is -0.855. The molecule has 0 heterocycles. The Kier molecular flexibility index (Phi) is 28.3. The SMILES string of the molecule is COC(CCCCCCCCCCCCC=CCCCCCCCCCCCCC(OC)(OC)OC)(OC)OC. The van der Waals surface area contributed by atoms with E-state index in [4.69, 9.17) is 28.4 Å². The summed E-state index contributed by atoms with van der Waals surface area (Å²) in [5.41, 5.74) is 0. The van der Waals surface area contributed by atoms with Crippen LogP contribution in [0.2, 0.25) is 0 Å². The van der Waals surface area contributed by atoms with Crippen LogP contribution >= 0.6 is 0 Å². The second-order valence-electron chi connectivity index (χ2n) is 11.2. The molecule has 0 aliphatic rings. The summed E-state index contributed by atoms with van der Waals surface area (Å²) in [6.45, 7) is 0. The third-order valence-electron chi connectivity index (χ3n) is 8.24. The molecule has 0 amide bonds. The highest BCUT2D eigenvalue weighted by Crippen LogP contribution is 2.23. The minimum absolute atomic E-state index is 0.787. The van der Waals surface area contributed by atoms with E-state index in [1.165, 1.54) is 128 Å². The van der Waals surface area contributed by atoms with Gasteiger partial charge >= 0.3 is 0 Å². The molecular formula is C34H68O6. The molecule has 0 radical (unpaired) electrons. The van der Waals surface area contributed by atoms with Gasteiger partial charge in [0.05, 0.1) is 0 Å². The highest BCUT2D eigenvalue weighted by Gasteiger charge is 2.29. The summed E-state index contributed by atoms with van der Waals surface area (Å²) in [5.74, 6) is -1.71. The maximum Gasteiger partial charge on any atom is 0.282 e. The molecule has 0 saturated heterocycles. The summed E-state index contributed by atoms with van der Waals surface area (Å²) in [6, 6.07) is 0. The predicted molar refractivity (Wildman–Crippen MR) is 167 cm³/mol. The zero-order chi connectivity index (χ0) is 29.6. The van der Waals surface area contributed by atoms with Crippen LogP contribution in [0.4, 0.5) is 0 Å². The molecule has 0 aliphatic heterocycles. The predicted octanol–water partition coefficient (Wildman–Crippen LogP) is 10.1. The average Bonchev–Trinajstić information content (AvgIpc) is 2.99. The van der Waals surface area contributed by atoms with Crippen molar-refractivity contribution in [1.29, 1.82) is 0 Å². The van der Waals surface area contributed by atoms with Crippen LogP contribution in [0.3, 0.4) is 0 Å². The monoisotopic (exact) mass is 573 g/mol. The molecule has 0 unspecified atom stereocenters. The van der Waals surface area contributed by atoms with Gasteiger partial charge in [0.2, 0.25) is 0 Å². The smallest absolute Gasteiger partial charge is 0.282 e. The lowest BCUT2D eigenvalue weighted by Gasteiger charge is -2.28. The Morgan fingerprint density at radius 1 is 0.300 bits per heavy atom. The Morgan fingerprint density at radius 3 is 0.725 bits per heavy atom. The largest absolute Gasteiger partial charge is 0.331 e. The van der Waals surface area contributed by atoms with Gasteiger partial charge in [-0.25, -0.2) is 0 Å². The van der Waals surface area contributed by atoms with Gasteiger partial charge in [0.25, 0.3) is 11.9 Å². The van der Waals surface area contributed by atoms with Crippen molar-refractivity contribution in [2.45, 2.75) is 166 Å². The van der Waals surface area contributed by atoms with Gasteiger partial charge < -0.3 is 28.4 Å². The van der Waals surface area contributed by atoms with Crippen molar-refractivity contribution in [1.82, 2.24) is 0 Å². The van der Waals surface area contributed by atoms with Gasteiger partial charge in [0.1, 0.15) is 0 Å². The van der Waals surface area contributed by atoms with Gasteiger partial charge in [0.15, 0.2) is 0 Å². The molecule has 0 aromatic heterocycles. The lowest BCUT2D eigenvalue weighted by atomic mass is 10.0. The number of unbranched alkanes of at least 4 members (excludes halogenated alkanes) is 20. The van der Waals surface area contributed by atoms with Crippen molar-refractivity contribution in [3.63, 3.8) is 0 Å². The molecule has 6 nitrogen and oxygen atoms in total. The van der Waals surface area contributed by atoms with Gasteiger partial charge in [-0.1, -0.05) is 115 Å². The lowest BCUT2D eigenvalue weighted by molar-refractivity contribution is -0.355. The van der Waals surface area contributed by atoms with Gasteiger partial charge in [-0.3, -0.25) is 0 Å². The fourth-order valence-electron chi connectivity index (χ4n) is 5.38. The number of hydrogen-bond donors (Lipinski definition) is 0. The van der Waals surface area contributed by atoms with E-state index >= 15 is 0 Å². The number of allylic oxidation sites excluding steroid dienone is 2. The first kappa shape index (κ1) is 39.5. The van der Waals surface area contributed by atoms with Crippen LogP contribution in [-0.4, -0.2) is 54.6 Å². The Balaban J connectivity index is 3.31. The number of rotatable bonds is 32. The van der Waals surface area contributed by atoms with Crippen molar-refractivity contribution in [2.24, 2.45) is 0 Å². The maximum atomic E-state index is 5.35. The molecule has 0 N–H and O–H groups in total. The standard InChI is InChI=1S/C34H68O6/c1-35-33(36-2,37-3)31-29-27-25-23-21-19-17-15-13-11-9-7-8-10-12-14-16-18-20-22-24-26-28-30-32-34(38-4,39-5)40-6/h7-8H,9-32H2,1-6H3. The Labute approximate surface area is 249 Å². The van der Waals surface area contributed by atoms with Crippen molar-refractivity contribution >= 4 is 0 Å². The second kappa shape index (κ2) is 28.6. The van der Waals surface area contributed by atoms with E-state index in [2.05, 4.69) is 12.2 Å². The molecule has 0 spiro atoms. The van der Waals surface area contributed by atoms with E-state index in [0.29, 0.717) is 0 Å². The summed E-state index contributed by atoms with van der Waals surface area (Å²) in [6.07, 6.45) is 35.3. The molecule has 6 heteroatoms. The molecule has 40 heavy (non-hydrogen) atoms. The summed E-state index contributed by atoms with van der Waals surface area (Å²) in [5, 5.41) is 0. The van der Waals surface area contributed by atoms with Gasteiger partial charge in [-0.15, -0.1) is 0 Å². The first-order chi connectivity index (χ1) is 19.6. The first-order valence-corrected chi connectivity index (χ1v) is 16.5. The molecule has 0 saturated carbocycles. The minimum Gasteiger partial charge on any atom is -0.331 e. The van der Waals surface area contributed by atoms with E-state index < -0.39 is 11.9 Å². The number of hydrogen-bond acceptors (Lipinski definition) is 6. The van der Waals surface area contributed by atoms with Crippen LogP contribution in [0, 0.1) is 0 Å². The average molecular weight is 573 g/mol.